The van der Waals surface area contributed by atoms with Crippen LogP contribution in [-0.4, -0.2) is 4.68 Å². The maximum atomic E-state index is 10.6. The zero-order chi connectivity index (χ0) is 13.1. The second-order valence-electron chi connectivity index (χ2n) is 4.24. The minimum absolute atomic E-state index is 0.527. The van der Waals surface area contributed by atoms with E-state index in [0.717, 1.165) is 22.2 Å². The van der Waals surface area contributed by atoms with Crippen LogP contribution in [0.4, 0.5) is 0 Å². The Balaban J connectivity index is 1.80. The van der Waals surface area contributed by atoms with Gasteiger partial charge in [-0.05, 0) is 29.8 Å². The topological polar surface area (TPSA) is 43.6 Å². The van der Waals surface area contributed by atoms with Crippen molar-refractivity contribution in [3.05, 3.63) is 71.3 Å². The van der Waals surface area contributed by atoms with Crippen LogP contribution in [0.15, 0.2) is 66.1 Å². The summed E-state index contributed by atoms with van der Waals surface area (Å²) in [5, 5.41) is 3.84. The van der Waals surface area contributed by atoms with Gasteiger partial charge in [0.15, 0.2) is 0 Å². The number of benzene rings is 2. The molecule has 0 atom stereocenters. The SMILES string of the molecule is O=Nn1ccc2cc(OCc3ccccc3)ccc21. The minimum atomic E-state index is 0.527. The molecular weight excluding hydrogens is 240 g/mol. The third-order valence-electron chi connectivity index (χ3n) is 2.98. The van der Waals surface area contributed by atoms with Crippen molar-refractivity contribution < 1.29 is 4.74 Å². The highest BCUT2D eigenvalue weighted by Crippen LogP contribution is 2.22. The molecule has 19 heavy (non-hydrogen) atoms. The molecule has 0 saturated carbocycles. The molecule has 0 bridgehead atoms. The summed E-state index contributed by atoms with van der Waals surface area (Å²) in [6, 6.07) is 17.4. The first-order valence-corrected chi connectivity index (χ1v) is 5.98. The van der Waals surface area contributed by atoms with Crippen molar-refractivity contribution in [2.45, 2.75) is 6.61 Å². The van der Waals surface area contributed by atoms with Crippen LogP contribution >= 0.6 is 0 Å². The number of rotatable bonds is 4. The lowest BCUT2D eigenvalue weighted by molar-refractivity contribution is 0.306. The van der Waals surface area contributed by atoms with Crippen LogP contribution in [0.25, 0.3) is 10.9 Å². The Labute approximate surface area is 110 Å². The summed E-state index contributed by atoms with van der Waals surface area (Å²) >= 11 is 0. The van der Waals surface area contributed by atoms with E-state index >= 15 is 0 Å². The van der Waals surface area contributed by atoms with Crippen molar-refractivity contribution in [2.75, 3.05) is 0 Å². The van der Waals surface area contributed by atoms with Crippen LogP contribution in [0.2, 0.25) is 0 Å². The van der Waals surface area contributed by atoms with Gasteiger partial charge < -0.3 is 4.74 Å². The van der Waals surface area contributed by atoms with Crippen molar-refractivity contribution in [3.63, 3.8) is 0 Å². The Kier molecular flexibility index (Phi) is 2.98. The maximum Gasteiger partial charge on any atom is 0.120 e. The van der Waals surface area contributed by atoms with Gasteiger partial charge >= 0.3 is 0 Å². The fraction of sp³-hybridized carbons (Fsp3) is 0.0667. The Morgan fingerprint density at radius 1 is 1.05 bits per heavy atom. The molecule has 4 nitrogen and oxygen atoms in total. The van der Waals surface area contributed by atoms with Crippen LogP contribution in [0, 0.1) is 4.91 Å². The third kappa shape index (κ3) is 2.33. The minimum Gasteiger partial charge on any atom is -0.489 e. The molecule has 94 valence electrons. The van der Waals surface area contributed by atoms with Gasteiger partial charge in [-0.3, -0.25) is 0 Å². The highest BCUT2D eigenvalue weighted by molar-refractivity contribution is 5.81. The first-order valence-electron chi connectivity index (χ1n) is 5.98. The Morgan fingerprint density at radius 2 is 1.89 bits per heavy atom. The molecule has 0 N–H and O–H groups in total. The maximum absolute atomic E-state index is 10.6. The number of hydrogen-bond acceptors (Lipinski definition) is 3. The van der Waals surface area contributed by atoms with Gasteiger partial charge in [-0.15, -0.1) is 4.91 Å². The summed E-state index contributed by atoms with van der Waals surface area (Å²) in [7, 11) is 0. The van der Waals surface area contributed by atoms with Crippen molar-refractivity contribution >= 4 is 10.9 Å². The first-order chi connectivity index (χ1) is 9.36. The molecule has 0 fully saturated rings. The van der Waals surface area contributed by atoms with E-state index < -0.39 is 0 Å². The molecule has 1 heterocycles. The van der Waals surface area contributed by atoms with Gasteiger partial charge in [0.2, 0.25) is 0 Å². The molecule has 2 aromatic carbocycles. The van der Waals surface area contributed by atoms with E-state index in [0.29, 0.717) is 6.61 Å². The lowest BCUT2D eigenvalue weighted by Gasteiger charge is -2.06. The average molecular weight is 252 g/mol. The fourth-order valence-electron chi connectivity index (χ4n) is 2.01. The molecule has 1 aromatic heterocycles. The normalized spacial score (nSPS) is 10.5. The van der Waals surface area contributed by atoms with Gasteiger partial charge in [0.1, 0.15) is 12.4 Å². The molecular formula is C15H12N2O2. The summed E-state index contributed by atoms with van der Waals surface area (Å²) in [5.41, 5.74) is 1.90. The third-order valence-corrected chi connectivity index (χ3v) is 2.98. The molecule has 0 saturated heterocycles. The van der Waals surface area contributed by atoms with Crippen molar-refractivity contribution in [1.29, 1.82) is 0 Å². The summed E-state index contributed by atoms with van der Waals surface area (Å²) < 4.78 is 7.03. The number of ether oxygens (including phenoxy) is 1. The number of nitroso groups, excluding NO2 is 1. The summed E-state index contributed by atoms with van der Waals surface area (Å²) in [4.78, 5) is 10.6. The molecule has 0 amide bonds. The number of nitrogens with zero attached hydrogens (tertiary/aromatic N) is 2. The Morgan fingerprint density at radius 3 is 2.68 bits per heavy atom. The lowest BCUT2D eigenvalue weighted by Crippen LogP contribution is -1.94. The smallest absolute Gasteiger partial charge is 0.120 e. The summed E-state index contributed by atoms with van der Waals surface area (Å²) in [6.45, 7) is 0.527. The second-order valence-corrected chi connectivity index (χ2v) is 4.24. The van der Waals surface area contributed by atoms with Crippen LogP contribution in [0.3, 0.4) is 0 Å². The van der Waals surface area contributed by atoms with Gasteiger partial charge in [-0.2, -0.15) is 0 Å². The number of hydrogen-bond donors (Lipinski definition) is 0. The van der Waals surface area contributed by atoms with E-state index in [1.165, 1.54) is 4.68 Å². The van der Waals surface area contributed by atoms with Crippen LogP contribution in [-0.2, 0) is 6.61 Å². The molecule has 0 aliphatic heterocycles. The fourth-order valence-corrected chi connectivity index (χ4v) is 2.01. The van der Waals surface area contributed by atoms with Crippen LogP contribution < -0.4 is 4.74 Å². The van der Waals surface area contributed by atoms with E-state index in [9.17, 15) is 4.91 Å². The largest absolute Gasteiger partial charge is 0.489 e. The quantitative estimate of drug-likeness (QED) is 0.664. The summed E-state index contributed by atoms with van der Waals surface area (Å²) in [6.07, 6.45) is 1.64. The predicted octanol–water partition coefficient (Wildman–Crippen LogP) is 3.75. The highest BCUT2D eigenvalue weighted by atomic mass is 16.5. The monoisotopic (exact) mass is 252 g/mol. The highest BCUT2D eigenvalue weighted by Gasteiger charge is 2.03. The molecule has 0 radical (unpaired) electrons. The van der Waals surface area contributed by atoms with E-state index in [1.54, 1.807) is 6.20 Å². The van der Waals surface area contributed by atoms with Gasteiger partial charge in [-0.25, -0.2) is 4.68 Å². The Bertz CT molecular complexity index is 704. The lowest BCUT2D eigenvalue weighted by atomic mass is 10.2. The zero-order valence-corrected chi connectivity index (χ0v) is 10.2. The van der Waals surface area contributed by atoms with Crippen molar-refractivity contribution in [1.82, 2.24) is 4.68 Å². The van der Waals surface area contributed by atoms with E-state index in [1.807, 2.05) is 54.6 Å². The molecule has 0 unspecified atom stereocenters. The average Bonchev–Trinajstić information content (AvgIpc) is 2.88. The molecule has 0 aliphatic rings. The summed E-state index contributed by atoms with van der Waals surface area (Å²) in [5.74, 6) is 0.778. The standard InChI is InChI=1S/C15H12N2O2/c18-16-17-9-8-13-10-14(6-7-15(13)17)19-11-12-4-2-1-3-5-12/h1-10H,11H2. The second kappa shape index (κ2) is 4.94. The molecule has 0 spiro atoms. The Hall–Kier alpha value is -2.62. The van der Waals surface area contributed by atoms with E-state index in [-0.39, 0.29) is 0 Å². The van der Waals surface area contributed by atoms with Crippen molar-refractivity contribution in [2.24, 2.45) is 5.29 Å². The van der Waals surface area contributed by atoms with Gasteiger partial charge in [0, 0.05) is 11.6 Å². The molecule has 0 aliphatic carbocycles. The molecule has 4 heteroatoms. The van der Waals surface area contributed by atoms with E-state index in [2.05, 4.69) is 5.29 Å². The molecule has 3 aromatic rings. The number of aromatic nitrogens is 1. The van der Waals surface area contributed by atoms with Gasteiger partial charge in [0.05, 0.1) is 10.8 Å². The zero-order valence-electron chi connectivity index (χ0n) is 10.2. The van der Waals surface area contributed by atoms with Gasteiger partial charge in [0.25, 0.3) is 0 Å². The molecule has 3 rings (SSSR count). The van der Waals surface area contributed by atoms with Crippen molar-refractivity contribution in [3.8, 4) is 5.75 Å². The van der Waals surface area contributed by atoms with Crippen LogP contribution in [0.1, 0.15) is 5.56 Å². The number of fused-ring (bicyclic) bond motifs is 1. The van der Waals surface area contributed by atoms with Crippen LogP contribution in [0.5, 0.6) is 5.75 Å². The predicted molar refractivity (Wildman–Crippen MR) is 73.9 cm³/mol. The van der Waals surface area contributed by atoms with E-state index in [4.69, 9.17) is 4.74 Å². The first kappa shape index (κ1) is 11.5. The van der Waals surface area contributed by atoms with Gasteiger partial charge in [-0.1, -0.05) is 30.3 Å².